The van der Waals surface area contributed by atoms with Crippen molar-refractivity contribution in [2.45, 2.75) is 11.8 Å². The third kappa shape index (κ3) is 2.61. The first-order valence-electron chi connectivity index (χ1n) is 8.38. The third-order valence-corrected chi connectivity index (χ3v) is 6.43. The molecule has 4 rings (SSSR count). The molecular formula is C21H17NO4S. The molecule has 0 unspecified atom stereocenters. The Kier molecular flexibility index (Phi) is 4.00. The summed E-state index contributed by atoms with van der Waals surface area (Å²) in [4.78, 5) is 13.4. The number of hydrogen-bond donors (Lipinski definition) is 0. The average Bonchev–Trinajstić information content (AvgIpc) is 2.68. The summed E-state index contributed by atoms with van der Waals surface area (Å²) in [5, 5.41) is 0. The van der Waals surface area contributed by atoms with Gasteiger partial charge in [0.1, 0.15) is 5.75 Å². The number of carbonyl (C=O) groups excluding carboxylic acids is 1. The second-order valence-corrected chi connectivity index (χ2v) is 8.02. The predicted octanol–water partition coefficient (Wildman–Crippen LogP) is 4.02. The summed E-state index contributed by atoms with van der Waals surface area (Å²) in [5.74, 6) is 0.0140. The highest BCUT2D eigenvalue weighted by Crippen LogP contribution is 2.45. The van der Waals surface area contributed by atoms with Crippen molar-refractivity contribution in [2.75, 3.05) is 11.4 Å². The van der Waals surface area contributed by atoms with Gasteiger partial charge in [-0.25, -0.2) is 8.42 Å². The summed E-state index contributed by atoms with van der Waals surface area (Å²) in [6, 6.07) is 18.6. The van der Waals surface area contributed by atoms with E-state index in [0.29, 0.717) is 33.7 Å². The number of anilines is 1. The minimum absolute atomic E-state index is 0.104. The van der Waals surface area contributed by atoms with Crippen LogP contribution in [0.3, 0.4) is 0 Å². The number of sulfonamides is 1. The van der Waals surface area contributed by atoms with Gasteiger partial charge in [0.05, 0.1) is 17.7 Å². The second kappa shape index (κ2) is 6.25. The Hall–Kier alpha value is -3.12. The molecule has 1 aliphatic rings. The van der Waals surface area contributed by atoms with Gasteiger partial charge in [-0.1, -0.05) is 36.4 Å². The first kappa shape index (κ1) is 17.3. The van der Waals surface area contributed by atoms with Crippen molar-refractivity contribution in [3.8, 4) is 16.9 Å². The number of nitrogens with zero attached hydrogens (tertiary/aromatic N) is 1. The van der Waals surface area contributed by atoms with Crippen molar-refractivity contribution in [3.63, 3.8) is 0 Å². The fourth-order valence-corrected chi connectivity index (χ4v) is 4.96. The van der Waals surface area contributed by atoms with E-state index in [1.807, 2.05) is 6.07 Å². The van der Waals surface area contributed by atoms with E-state index in [9.17, 15) is 13.2 Å². The van der Waals surface area contributed by atoms with Crippen molar-refractivity contribution in [2.24, 2.45) is 0 Å². The molecule has 1 heterocycles. The Morgan fingerprint density at radius 1 is 0.926 bits per heavy atom. The zero-order valence-corrected chi connectivity index (χ0v) is 15.7. The molecule has 3 aromatic rings. The van der Waals surface area contributed by atoms with Crippen LogP contribution >= 0.6 is 0 Å². The maximum atomic E-state index is 13.3. The Morgan fingerprint density at radius 2 is 1.63 bits per heavy atom. The molecular weight excluding hydrogens is 362 g/mol. The van der Waals surface area contributed by atoms with Gasteiger partial charge in [-0.15, -0.1) is 0 Å². The molecule has 0 saturated heterocycles. The van der Waals surface area contributed by atoms with Gasteiger partial charge in [-0.05, 0) is 42.8 Å². The number of fused-ring (bicyclic) bond motifs is 3. The van der Waals surface area contributed by atoms with Crippen molar-refractivity contribution >= 4 is 21.6 Å². The second-order valence-electron chi connectivity index (χ2n) is 6.27. The van der Waals surface area contributed by atoms with Gasteiger partial charge in [0.25, 0.3) is 15.9 Å². The number of hydrogen-bond acceptors (Lipinski definition) is 4. The van der Waals surface area contributed by atoms with Crippen LogP contribution in [0.2, 0.25) is 0 Å². The summed E-state index contributed by atoms with van der Waals surface area (Å²) < 4.78 is 32.8. The van der Waals surface area contributed by atoms with Crippen LogP contribution in [0.15, 0.2) is 71.6 Å². The summed E-state index contributed by atoms with van der Waals surface area (Å²) in [7, 11) is -2.49. The van der Waals surface area contributed by atoms with Crippen molar-refractivity contribution in [1.29, 1.82) is 0 Å². The number of benzene rings is 3. The normalized spacial score (nSPS) is 14.2. The Morgan fingerprint density at radius 3 is 2.37 bits per heavy atom. The molecule has 0 aliphatic carbocycles. The van der Waals surface area contributed by atoms with E-state index in [4.69, 9.17) is 4.74 Å². The lowest BCUT2D eigenvalue weighted by Gasteiger charge is -2.31. The molecule has 0 spiro atoms. The quantitative estimate of drug-likeness (QED) is 0.675. The molecule has 27 heavy (non-hydrogen) atoms. The number of aryl methyl sites for hydroxylation is 1. The Balaban J connectivity index is 2.01. The fraction of sp³-hybridized carbons (Fsp3) is 0.0952. The standard InChI is InChI=1S/C21H17NO4S/c1-14-7-3-4-8-16(14)21(23)22-19-12-11-15(26-2)13-18(19)17-9-5-6-10-20(17)27(22,24)25/h3-13H,1-2H3. The summed E-state index contributed by atoms with van der Waals surface area (Å²) >= 11 is 0. The predicted molar refractivity (Wildman–Crippen MR) is 104 cm³/mol. The van der Waals surface area contributed by atoms with Gasteiger partial charge in [0.2, 0.25) is 0 Å². The van der Waals surface area contributed by atoms with Gasteiger partial charge in [-0.3, -0.25) is 4.79 Å². The van der Waals surface area contributed by atoms with E-state index in [1.165, 1.54) is 6.07 Å². The molecule has 0 fully saturated rings. The molecule has 0 bridgehead atoms. The van der Waals surface area contributed by atoms with Crippen molar-refractivity contribution in [1.82, 2.24) is 0 Å². The van der Waals surface area contributed by atoms with E-state index in [1.54, 1.807) is 68.6 Å². The van der Waals surface area contributed by atoms with Crippen molar-refractivity contribution < 1.29 is 17.9 Å². The van der Waals surface area contributed by atoms with E-state index in [-0.39, 0.29) is 4.90 Å². The zero-order chi connectivity index (χ0) is 19.2. The molecule has 5 nitrogen and oxygen atoms in total. The first-order valence-corrected chi connectivity index (χ1v) is 9.82. The van der Waals surface area contributed by atoms with Gasteiger partial charge < -0.3 is 4.74 Å². The van der Waals surface area contributed by atoms with Crippen LogP contribution in [-0.2, 0) is 10.0 Å². The molecule has 0 aromatic heterocycles. The Bertz CT molecular complexity index is 1170. The van der Waals surface area contributed by atoms with Crippen LogP contribution in [0.25, 0.3) is 11.1 Å². The minimum Gasteiger partial charge on any atom is -0.497 e. The molecule has 1 amide bonds. The van der Waals surface area contributed by atoms with Crippen LogP contribution in [0.5, 0.6) is 5.75 Å². The first-order chi connectivity index (χ1) is 12.9. The van der Waals surface area contributed by atoms with Crippen LogP contribution < -0.4 is 9.04 Å². The number of carbonyl (C=O) groups is 1. The van der Waals surface area contributed by atoms with Gasteiger partial charge in [0.15, 0.2) is 0 Å². The van der Waals surface area contributed by atoms with Crippen LogP contribution in [0, 0.1) is 6.92 Å². The largest absolute Gasteiger partial charge is 0.497 e. The summed E-state index contributed by atoms with van der Waals surface area (Å²) in [6.07, 6.45) is 0. The topological polar surface area (TPSA) is 63.7 Å². The number of amides is 1. The molecule has 0 radical (unpaired) electrons. The maximum Gasteiger partial charge on any atom is 0.272 e. The van der Waals surface area contributed by atoms with Gasteiger partial charge in [-0.2, -0.15) is 4.31 Å². The fourth-order valence-electron chi connectivity index (χ4n) is 3.32. The molecule has 6 heteroatoms. The molecule has 3 aromatic carbocycles. The third-order valence-electron chi connectivity index (χ3n) is 4.68. The van der Waals surface area contributed by atoms with Crippen LogP contribution in [-0.4, -0.2) is 21.4 Å². The van der Waals surface area contributed by atoms with Crippen LogP contribution in [0.1, 0.15) is 15.9 Å². The van der Waals surface area contributed by atoms with Gasteiger partial charge in [0, 0.05) is 16.7 Å². The SMILES string of the molecule is COc1ccc2c(c1)-c1ccccc1S(=O)(=O)N2C(=O)c1ccccc1C. The van der Waals surface area contributed by atoms with Crippen molar-refractivity contribution in [3.05, 3.63) is 77.9 Å². The van der Waals surface area contributed by atoms with E-state index in [2.05, 4.69) is 0 Å². The zero-order valence-electron chi connectivity index (χ0n) is 14.8. The molecule has 0 N–H and O–H groups in total. The highest BCUT2D eigenvalue weighted by atomic mass is 32.2. The van der Waals surface area contributed by atoms with E-state index < -0.39 is 15.9 Å². The molecule has 0 saturated carbocycles. The number of ether oxygens (including phenoxy) is 1. The van der Waals surface area contributed by atoms with Crippen LogP contribution in [0.4, 0.5) is 5.69 Å². The lowest BCUT2D eigenvalue weighted by Crippen LogP contribution is -2.39. The van der Waals surface area contributed by atoms with Gasteiger partial charge >= 0.3 is 0 Å². The molecule has 0 atom stereocenters. The smallest absolute Gasteiger partial charge is 0.272 e. The molecule has 136 valence electrons. The Labute approximate surface area is 157 Å². The minimum atomic E-state index is -4.04. The van der Waals surface area contributed by atoms with E-state index >= 15 is 0 Å². The highest BCUT2D eigenvalue weighted by molar-refractivity contribution is 7.94. The highest BCUT2D eigenvalue weighted by Gasteiger charge is 2.39. The number of methoxy groups -OCH3 is 1. The summed E-state index contributed by atoms with van der Waals surface area (Å²) in [6.45, 7) is 1.78. The lowest BCUT2D eigenvalue weighted by atomic mass is 10.0. The maximum absolute atomic E-state index is 13.3. The lowest BCUT2D eigenvalue weighted by molar-refractivity contribution is 0.100. The van der Waals surface area contributed by atoms with E-state index in [0.717, 1.165) is 4.31 Å². The monoisotopic (exact) mass is 379 g/mol. The number of rotatable bonds is 2. The molecule has 1 aliphatic heterocycles. The average molecular weight is 379 g/mol. The summed E-state index contributed by atoms with van der Waals surface area (Å²) in [5.41, 5.74) is 2.58.